The molecule has 0 aromatic heterocycles. The largest absolute Gasteiger partial charge is 0.385 e. The molecular formula is C15H22N2O3S. The number of nitrogens with one attached hydrogen (secondary N) is 1. The fourth-order valence-corrected chi connectivity index (χ4v) is 4.65. The highest BCUT2D eigenvalue weighted by Crippen LogP contribution is 2.29. The fourth-order valence-electron chi connectivity index (χ4n) is 3.15. The van der Waals surface area contributed by atoms with Crippen molar-refractivity contribution < 1.29 is 13.2 Å². The van der Waals surface area contributed by atoms with Crippen LogP contribution in [-0.2, 0) is 21.2 Å². The van der Waals surface area contributed by atoms with Gasteiger partial charge < -0.3 is 10.1 Å². The van der Waals surface area contributed by atoms with Gasteiger partial charge >= 0.3 is 0 Å². The summed E-state index contributed by atoms with van der Waals surface area (Å²) < 4.78 is 32.6. The lowest BCUT2D eigenvalue weighted by atomic mass is 10.0. The van der Waals surface area contributed by atoms with E-state index in [-0.39, 0.29) is 12.1 Å². The van der Waals surface area contributed by atoms with Crippen LogP contribution in [-0.4, -0.2) is 45.1 Å². The zero-order valence-corrected chi connectivity index (χ0v) is 13.3. The maximum atomic E-state index is 12.8. The van der Waals surface area contributed by atoms with Gasteiger partial charge in [-0.2, -0.15) is 4.31 Å². The third kappa shape index (κ3) is 2.67. The normalized spacial score (nSPS) is 25.7. The number of hydrogen-bond donors (Lipinski definition) is 1. The van der Waals surface area contributed by atoms with E-state index in [1.807, 2.05) is 19.1 Å². The average Bonchev–Trinajstić information content (AvgIpc) is 2.92. The Morgan fingerprint density at radius 1 is 1.38 bits per heavy atom. The number of rotatable bonds is 3. The molecule has 2 aliphatic heterocycles. The lowest BCUT2D eigenvalue weighted by Crippen LogP contribution is -2.40. The van der Waals surface area contributed by atoms with Crippen molar-refractivity contribution in [3.63, 3.8) is 0 Å². The average molecular weight is 310 g/mol. The van der Waals surface area contributed by atoms with Crippen LogP contribution in [0.25, 0.3) is 0 Å². The van der Waals surface area contributed by atoms with Gasteiger partial charge in [-0.1, -0.05) is 0 Å². The predicted molar refractivity (Wildman–Crippen MR) is 82.0 cm³/mol. The highest BCUT2D eigenvalue weighted by atomic mass is 32.2. The number of anilines is 1. The van der Waals surface area contributed by atoms with E-state index < -0.39 is 10.0 Å². The molecule has 0 amide bonds. The lowest BCUT2D eigenvalue weighted by Gasteiger charge is -2.27. The van der Waals surface area contributed by atoms with Crippen molar-refractivity contribution in [3.8, 4) is 0 Å². The first-order valence-electron chi connectivity index (χ1n) is 7.46. The Morgan fingerprint density at radius 2 is 2.19 bits per heavy atom. The summed E-state index contributed by atoms with van der Waals surface area (Å²) in [6.07, 6.45) is 2.67. The number of ether oxygens (including phenoxy) is 1. The molecule has 2 heterocycles. The summed E-state index contributed by atoms with van der Waals surface area (Å²) >= 11 is 0. The number of sulfonamides is 1. The minimum Gasteiger partial charge on any atom is -0.385 e. The van der Waals surface area contributed by atoms with Crippen LogP contribution < -0.4 is 5.32 Å². The minimum absolute atomic E-state index is 0.0518. The van der Waals surface area contributed by atoms with Gasteiger partial charge in [0, 0.05) is 25.9 Å². The number of likely N-dealkylation sites (N-methyl/N-ethyl adjacent to an activating group) is 1. The van der Waals surface area contributed by atoms with Crippen LogP contribution in [0.15, 0.2) is 23.1 Å². The topological polar surface area (TPSA) is 58.6 Å². The fraction of sp³-hybridized carbons (Fsp3) is 0.600. The summed E-state index contributed by atoms with van der Waals surface area (Å²) in [7, 11) is -1.81. The Labute approximate surface area is 126 Å². The first-order valence-corrected chi connectivity index (χ1v) is 8.90. The van der Waals surface area contributed by atoms with E-state index in [0.717, 1.165) is 37.1 Å². The van der Waals surface area contributed by atoms with E-state index in [4.69, 9.17) is 4.74 Å². The molecule has 21 heavy (non-hydrogen) atoms. The first kappa shape index (κ1) is 14.8. The molecular weight excluding hydrogens is 288 g/mol. The van der Waals surface area contributed by atoms with Crippen molar-refractivity contribution in [1.29, 1.82) is 0 Å². The molecule has 3 rings (SSSR count). The lowest BCUT2D eigenvalue weighted by molar-refractivity contribution is 0.102. The molecule has 2 unspecified atom stereocenters. The summed E-state index contributed by atoms with van der Waals surface area (Å²) in [5, 5.41) is 3.30. The second-order valence-electron chi connectivity index (χ2n) is 5.80. The van der Waals surface area contributed by atoms with E-state index in [1.165, 1.54) is 4.31 Å². The maximum Gasteiger partial charge on any atom is 0.243 e. The zero-order valence-electron chi connectivity index (χ0n) is 12.5. The smallest absolute Gasteiger partial charge is 0.243 e. The molecule has 2 atom stereocenters. The summed E-state index contributed by atoms with van der Waals surface area (Å²) in [5.41, 5.74) is 2.15. The molecule has 0 saturated carbocycles. The maximum absolute atomic E-state index is 12.8. The zero-order chi connectivity index (χ0) is 15.0. The van der Waals surface area contributed by atoms with E-state index in [2.05, 4.69) is 5.32 Å². The van der Waals surface area contributed by atoms with Crippen molar-refractivity contribution in [2.45, 2.75) is 43.2 Å². The molecule has 0 bridgehead atoms. The third-order valence-corrected chi connectivity index (χ3v) is 6.37. The summed E-state index contributed by atoms with van der Waals surface area (Å²) in [4.78, 5) is 0.381. The summed E-state index contributed by atoms with van der Waals surface area (Å²) in [6.45, 7) is 3.51. The highest BCUT2D eigenvalue weighted by molar-refractivity contribution is 7.89. The van der Waals surface area contributed by atoms with Crippen LogP contribution in [0.2, 0.25) is 0 Å². The van der Waals surface area contributed by atoms with Crippen LogP contribution in [0.3, 0.4) is 0 Å². The van der Waals surface area contributed by atoms with Crippen LogP contribution in [0.5, 0.6) is 0 Å². The molecule has 116 valence electrons. The Morgan fingerprint density at radius 3 is 2.90 bits per heavy atom. The molecule has 0 radical (unpaired) electrons. The van der Waals surface area contributed by atoms with Gasteiger partial charge in [-0.3, -0.25) is 0 Å². The van der Waals surface area contributed by atoms with Gasteiger partial charge in [0.25, 0.3) is 0 Å². The second kappa shape index (κ2) is 5.59. The second-order valence-corrected chi connectivity index (χ2v) is 7.80. The van der Waals surface area contributed by atoms with Crippen molar-refractivity contribution in [2.75, 3.05) is 25.5 Å². The predicted octanol–water partition coefficient (Wildman–Crippen LogP) is 1.84. The van der Waals surface area contributed by atoms with Gasteiger partial charge in [0.05, 0.1) is 17.0 Å². The van der Waals surface area contributed by atoms with Crippen molar-refractivity contribution in [2.24, 2.45) is 0 Å². The molecule has 0 spiro atoms. The van der Waals surface area contributed by atoms with E-state index >= 15 is 0 Å². The van der Waals surface area contributed by atoms with Gasteiger partial charge in [0.2, 0.25) is 10.0 Å². The molecule has 1 aromatic carbocycles. The van der Waals surface area contributed by atoms with Gasteiger partial charge in [0.15, 0.2) is 0 Å². The van der Waals surface area contributed by atoms with Crippen LogP contribution in [0.1, 0.15) is 25.3 Å². The van der Waals surface area contributed by atoms with Crippen molar-refractivity contribution in [1.82, 2.24) is 4.31 Å². The molecule has 0 aliphatic carbocycles. The van der Waals surface area contributed by atoms with Gasteiger partial charge in [-0.25, -0.2) is 8.42 Å². The van der Waals surface area contributed by atoms with E-state index in [9.17, 15) is 8.42 Å². The molecule has 1 N–H and O–H groups in total. The van der Waals surface area contributed by atoms with E-state index in [0.29, 0.717) is 11.5 Å². The molecule has 2 aliphatic rings. The van der Waals surface area contributed by atoms with E-state index in [1.54, 1.807) is 13.1 Å². The number of nitrogens with zero attached hydrogens (tertiary/aromatic N) is 1. The van der Waals surface area contributed by atoms with Gasteiger partial charge in [-0.05, 0) is 49.9 Å². The minimum atomic E-state index is -3.46. The summed E-state index contributed by atoms with van der Waals surface area (Å²) in [5.74, 6) is 0. The molecule has 1 fully saturated rings. The van der Waals surface area contributed by atoms with Crippen LogP contribution >= 0.6 is 0 Å². The number of aryl methyl sites for hydroxylation is 1. The van der Waals surface area contributed by atoms with Crippen LogP contribution in [0, 0.1) is 0 Å². The summed E-state index contributed by atoms with van der Waals surface area (Å²) in [6, 6.07) is 5.31. The van der Waals surface area contributed by atoms with Gasteiger partial charge in [0.1, 0.15) is 0 Å². The molecule has 5 nitrogen and oxygen atoms in total. The van der Waals surface area contributed by atoms with Crippen molar-refractivity contribution >= 4 is 15.7 Å². The monoisotopic (exact) mass is 310 g/mol. The quantitative estimate of drug-likeness (QED) is 0.925. The molecule has 1 saturated heterocycles. The Kier molecular flexibility index (Phi) is 3.94. The van der Waals surface area contributed by atoms with Gasteiger partial charge in [-0.15, -0.1) is 0 Å². The van der Waals surface area contributed by atoms with Crippen LogP contribution in [0.4, 0.5) is 5.69 Å². The van der Waals surface area contributed by atoms with Crippen molar-refractivity contribution in [3.05, 3.63) is 23.8 Å². The molecule has 6 heteroatoms. The highest BCUT2D eigenvalue weighted by Gasteiger charge is 2.35. The Bertz CT molecular complexity index is 630. The Balaban J connectivity index is 1.90. The molecule has 1 aromatic rings. The third-order valence-electron chi connectivity index (χ3n) is 4.50. The Hall–Kier alpha value is -1.11. The SMILES string of the molecule is CC1OCCC1N(C)S(=O)(=O)c1ccc2c(c1)CCCN2. The number of benzene rings is 1. The first-order chi connectivity index (χ1) is 10.00. The number of fused-ring (bicyclic) bond motifs is 1. The number of hydrogen-bond acceptors (Lipinski definition) is 4. The standard InChI is InChI=1S/C15H22N2O3S/c1-11-15(7-9-20-11)17(2)21(18,19)13-5-6-14-12(10-13)4-3-8-16-14/h5-6,10-11,15-16H,3-4,7-9H2,1-2H3.